The van der Waals surface area contributed by atoms with E-state index in [0.717, 1.165) is 48.7 Å². The summed E-state index contributed by atoms with van der Waals surface area (Å²) in [7, 11) is 0. The summed E-state index contributed by atoms with van der Waals surface area (Å²) in [6.07, 6.45) is 7.08. The largest absolute Gasteiger partial charge is 0.463 e. The number of aromatic amines is 1. The van der Waals surface area contributed by atoms with Crippen LogP contribution in [0.25, 0.3) is 11.0 Å². The molecule has 0 unspecified atom stereocenters. The lowest BCUT2D eigenvalue weighted by atomic mass is 10.0. The number of ether oxygens (including phenoxy) is 1. The molecular weight excluding hydrogens is 312 g/mol. The van der Waals surface area contributed by atoms with Crippen LogP contribution >= 0.6 is 0 Å². The van der Waals surface area contributed by atoms with E-state index in [1.807, 2.05) is 6.20 Å². The predicted octanol–water partition coefficient (Wildman–Crippen LogP) is 4.26. The standard InChI is InChI=1S/C20H26N4O/c1-3-5-10-25-20-23-17-16(13-22-18(17)19(21)24-20)12-15-9-6-8-14(11-15)7-4-2/h6,8-9,11,13,22H,3-5,7,10,12H2,1-2H3,(H2,21,23,24). The normalized spacial score (nSPS) is 11.1. The highest BCUT2D eigenvalue weighted by atomic mass is 16.5. The molecule has 0 radical (unpaired) electrons. The summed E-state index contributed by atoms with van der Waals surface area (Å²) in [6.45, 7) is 4.94. The smallest absolute Gasteiger partial charge is 0.319 e. The molecule has 0 bridgehead atoms. The van der Waals surface area contributed by atoms with Crippen LogP contribution in [0.15, 0.2) is 30.5 Å². The molecule has 1 aromatic carbocycles. The van der Waals surface area contributed by atoms with E-state index in [4.69, 9.17) is 10.5 Å². The Labute approximate surface area is 148 Å². The number of hydrogen-bond acceptors (Lipinski definition) is 4. The molecule has 2 heterocycles. The van der Waals surface area contributed by atoms with Crippen molar-refractivity contribution < 1.29 is 4.74 Å². The second-order valence-electron chi connectivity index (χ2n) is 6.38. The number of benzene rings is 1. The van der Waals surface area contributed by atoms with Gasteiger partial charge in [-0.25, -0.2) is 0 Å². The van der Waals surface area contributed by atoms with Gasteiger partial charge < -0.3 is 15.5 Å². The summed E-state index contributed by atoms with van der Waals surface area (Å²) < 4.78 is 5.64. The van der Waals surface area contributed by atoms with Crippen molar-refractivity contribution in [1.82, 2.24) is 15.0 Å². The van der Waals surface area contributed by atoms with Gasteiger partial charge in [-0.1, -0.05) is 51.0 Å². The Morgan fingerprint density at radius 2 is 1.96 bits per heavy atom. The van der Waals surface area contributed by atoms with Gasteiger partial charge in [0.05, 0.1) is 6.61 Å². The van der Waals surface area contributed by atoms with Gasteiger partial charge in [0.1, 0.15) is 11.0 Å². The average Bonchev–Trinajstić information content (AvgIpc) is 2.99. The summed E-state index contributed by atoms with van der Waals surface area (Å²) in [4.78, 5) is 12.0. The molecule has 2 aromatic heterocycles. The fourth-order valence-electron chi connectivity index (χ4n) is 2.97. The first kappa shape index (κ1) is 17.3. The van der Waals surface area contributed by atoms with Gasteiger partial charge in [-0.15, -0.1) is 0 Å². The average molecular weight is 338 g/mol. The Hall–Kier alpha value is -2.56. The Bertz CT molecular complexity index is 841. The number of anilines is 1. The van der Waals surface area contributed by atoms with Gasteiger partial charge in [-0.3, -0.25) is 0 Å². The van der Waals surface area contributed by atoms with E-state index in [2.05, 4.69) is 53.1 Å². The Kier molecular flexibility index (Phi) is 5.53. The third kappa shape index (κ3) is 4.10. The third-order valence-electron chi connectivity index (χ3n) is 4.27. The lowest BCUT2D eigenvalue weighted by Gasteiger charge is -2.06. The van der Waals surface area contributed by atoms with Crippen molar-refractivity contribution >= 4 is 16.9 Å². The molecule has 132 valence electrons. The van der Waals surface area contributed by atoms with Crippen molar-refractivity contribution in [2.45, 2.75) is 46.0 Å². The molecule has 3 rings (SSSR count). The van der Waals surface area contributed by atoms with Gasteiger partial charge in [0.25, 0.3) is 0 Å². The highest BCUT2D eigenvalue weighted by molar-refractivity contribution is 5.87. The number of nitrogens with zero attached hydrogens (tertiary/aromatic N) is 2. The first-order valence-corrected chi connectivity index (χ1v) is 9.05. The molecule has 0 atom stereocenters. The number of nitrogens with two attached hydrogens (primary N) is 1. The number of aromatic nitrogens is 3. The molecule has 3 aromatic rings. The summed E-state index contributed by atoms with van der Waals surface area (Å²) in [6, 6.07) is 9.09. The van der Waals surface area contributed by atoms with Crippen LogP contribution in [-0.2, 0) is 12.8 Å². The van der Waals surface area contributed by atoms with Crippen molar-refractivity contribution in [3.05, 3.63) is 47.2 Å². The van der Waals surface area contributed by atoms with E-state index < -0.39 is 0 Å². The molecule has 5 heteroatoms. The van der Waals surface area contributed by atoms with Gasteiger partial charge >= 0.3 is 6.01 Å². The van der Waals surface area contributed by atoms with Crippen molar-refractivity contribution in [2.24, 2.45) is 0 Å². The minimum absolute atomic E-state index is 0.360. The maximum atomic E-state index is 6.07. The summed E-state index contributed by atoms with van der Waals surface area (Å²) in [5.41, 5.74) is 11.5. The predicted molar refractivity (Wildman–Crippen MR) is 102 cm³/mol. The van der Waals surface area contributed by atoms with Crippen molar-refractivity contribution in [2.75, 3.05) is 12.3 Å². The number of H-pyrrole nitrogens is 1. The molecule has 0 amide bonds. The molecule has 25 heavy (non-hydrogen) atoms. The number of fused-ring (bicyclic) bond motifs is 1. The van der Waals surface area contributed by atoms with Gasteiger partial charge in [-0.2, -0.15) is 9.97 Å². The molecule has 3 N–H and O–H groups in total. The molecule has 0 fully saturated rings. The molecule has 5 nitrogen and oxygen atoms in total. The van der Waals surface area contributed by atoms with Crippen LogP contribution in [0.1, 0.15) is 49.8 Å². The van der Waals surface area contributed by atoms with Crippen molar-refractivity contribution in [1.29, 1.82) is 0 Å². The number of nitrogen functional groups attached to an aromatic ring is 1. The van der Waals surface area contributed by atoms with Crippen LogP contribution in [-0.4, -0.2) is 21.6 Å². The maximum Gasteiger partial charge on any atom is 0.319 e. The molecular formula is C20H26N4O. The summed E-state index contributed by atoms with van der Waals surface area (Å²) in [5.74, 6) is 0.433. The Balaban J connectivity index is 1.87. The zero-order chi connectivity index (χ0) is 17.6. The van der Waals surface area contributed by atoms with Crippen LogP contribution in [0.5, 0.6) is 6.01 Å². The number of aryl methyl sites for hydroxylation is 1. The summed E-state index contributed by atoms with van der Waals surface area (Å²) >= 11 is 0. The van der Waals surface area contributed by atoms with Crippen LogP contribution in [0, 0.1) is 0 Å². The first-order valence-electron chi connectivity index (χ1n) is 9.05. The number of unbranched alkanes of at least 4 members (excludes halogenated alkanes) is 1. The van der Waals surface area contributed by atoms with E-state index in [-0.39, 0.29) is 0 Å². The lowest BCUT2D eigenvalue weighted by Crippen LogP contribution is -2.03. The highest BCUT2D eigenvalue weighted by Crippen LogP contribution is 2.25. The quantitative estimate of drug-likeness (QED) is 0.602. The minimum atomic E-state index is 0.360. The van der Waals surface area contributed by atoms with Gasteiger partial charge in [0, 0.05) is 18.2 Å². The van der Waals surface area contributed by atoms with E-state index in [1.54, 1.807) is 0 Å². The lowest BCUT2D eigenvalue weighted by molar-refractivity contribution is 0.287. The Morgan fingerprint density at radius 3 is 2.76 bits per heavy atom. The van der Waals surface area contributed by atoms with E-state index in [0.29, 0.717) is 18.4 Å². The van der Waals surface area contributed by atoms with Crippen LogP contribution in [0.2, 0.25) is 0 Å². The second kappa shape index (κ2) is 8.01. The van der Waals surface area contributed by atoms with E-state index in [9.17, 15) is 0 Å². The maximum absolute atomic E-state index is 6.07. The zero-order valence-corrected chi connectivity index (χ0v) is 15.0. The van der Waals surface area contributed by atoms with Gasteiger partial charge in [0.15, 0.2) is 5.82 Å². The van der Waals surface area contributed by atoms with Crippen LogP contribution in [0.3, 0.4) is 0 Å². The SMILES string of the molecule is CCCCOc1nc(N)c2[nH]cc(Cc3cccc(CCC)c3)c2n1. The third-order valence-corrected chi connectivity index (χ3v) is 4.27. The molecule has 0 aliphatic carbocycles. The highest BCUT2D eigenvalue weighted by Gasteiger charge is 2.13. The fraction of sp³-hybridized carbons (Fsp3) is 0.400. The van der Waals surface area contributed by atoms with E-state index in [1.165, 1.54) is 11.1 Å². The Morgan fingerprint density at radius 1 is 1.12 bits per heavy atom. The topological polar surface area (TPSA) is 76.8 Å². The first-order chi connectivity index (χ1) is 12.2. The van der Waals surface area contributed by atoms with Crippen LogP contribution in [0.4, 0.5) is 5.82 Å². The number of hydrogen-bond donors (Lipinski definition) is 2. The molecule has 0 aliphatic heterocycles. The van der Waals surface area contributed by atoms with Crippen molar-refractivity contribution in [3.63, 3.8) is 0 Å². The zero-order valence-electron chi connectivity index (χ0n) is 15.0. The molecule has 0 spiro atoms. The minimum Gasteiger partial charge on any atom is -0.463 e. The van der Waals surface area contributed by atoms with Crippen LogP contribution < -0.4 is 10.5 Å². The number of nitrogens with one attached hydrogen (secondary N) is 1. The second-order valence-corrected chi connectivity index (χ2v) is 6.38. The molecule has 0 saturated heterocycles. The molecule has 0 aliphatic rings. The molecule has 0 saturated carbocycles. The monoisotopic (exact) mass is 338 g/mol. The fourth-order valence-corrected chi connectivity index (χ4v) is 2.97. The van der Waals surface area contributed by atoms with E-state index >= 15 is 0 Å². The van der Waals surface area contributed by atoms with Crippen molar-refractivity contribution in [3.8, 4) is 6.01 Å². The van der Waals surface area contributed by atoms with Gasteiger partial charge in [-0.05, 0) is 24.0 Å². The van der Waals surface area contributed by atoms with Gasteiger partial charge in [0.2, 0.25) is 0 Å². The number of rotatable bonds is 8. The summed E-state index contributed by atoms with van der Waals surface area (Å²) in [5, 5.41) is 0.